The molecule has 1 unspecified atom stereocenters. The minimum atomic E-state index is -1.33. The Morgan fingerprint density at radius 2 is 2.30 bits per heavy atom. The van der Waals surface area contributed by atoms with Crippen LogP contribution in [0, 0.1) is 11.7 Å². The second kappa shape index (κ2) is 5.85. The van der Waals surface area contributed by atoms with Crippen LogP contribution in [0.25, 0.3) is 0 Å². The number of carboxylic acids is 1. The summed E-state index contributed by atoms with van der Waals surface area (Å²) in [5.41, 5.74) is -0.405. The van der Waals surface area contributed by atoms with Crippen molar-refractivity contribution in [2.24, 2.45) is 5.92 Å². The van der Waals surface area contributed by atoms with Crippen LogP contribution < -0.4 is 10.2 Å². The van der Waals surface area contributed by atoms with Gasteiger partial charge in [-0.2, -0.15) is 0 Å². The molecule has 1 saturated heterocycles. The third-order valence-electron chi connectivity index (χ3n) is 3.44. The van der Waals surface area contributed by atoms with Gasteiger partial charge < -0.3 is 15.3 Å². The summed E-state index contributed by atoms with van der Waals surface area (Å²) in [5, 5.41) is 11.5. The maximum Gasteiger partial charge on any atom is 0.338 e. The van der Waals surface area contributed by atoms with E-state index in [9.17, 15) is 14.0 Å². The molecule has 0 aromatic carbocycles. The Hall–Kier alpha value is -2.18. The number of halogens is 1. The van der Waals surface area contributed by atoms with E-state index in [1.807, 2.05) is 0 Å². The Kier molecular flexibility index (Phi) is 4.16. The van der Waals surface area contributed by atoms with Crippen molar-refractivity contribution in [3.63, 3.8) is 0 Å². The Morgan fingerprint density at radius 3 is 2.95 bits per heavy atom. The SMILES string of the molecule is CNC(=O)C1CCCN(c2nccc(C(=O)O)c2F)C1. The average molecular weight is 281 g/mol. The number of nitrogens with zero attached hydrogens (tertiary/aromatic N) is 2. The molecule has 1 aromatic rings. The normalized spacial score (nSPS) is 18.7. The van der Waals surface area contributed by atoms with Gasteiger partial charge in [-0.3, -0.25) is 4.79 Å². The lowest BCUT2D eigenvalue weighted by atomic mass is 9.97. The molecular weight excluding hydrogens is 265 g/mol. The third kappa shape index (κ3) is 2.71. The quantitative estimate of drug-likeness (QED) is 0.859. The molecule has 2 N–H and O–H groups in total. The van der Waals surface area contributed by atoms with Gasteiger partial charge in [0.1, 0.15) is 5.56 Å². The van der Waals surface area contributed by atoms with Crippen molar-refractivity contribution in [3.8, 4) is 0 Å². The van der Waals surface area contributed by atoms with Crippen molar-refractivity contribution >= 4 is 17.7 Å². The highest BCUT2D eigenvalue weighted by Gasteiger charge is 2.28. The number of aromatic carboxylic acids is 1. The summed E-state index contributed by atoms with van der Waals surface area (Å²) in [6.45, 7) is 0.896. The number of anilines is 1. The fraction of sp³-hybridized carbons (Fsp3) is 0.462. The molecule has 1 aliphatic rings. The molecule has 108 valence electrons. The predicted molar refractivity (Wildman–Crippen MR) is 70.2 cm³/mol. The van der Waals surface area contributed by atoms with E-state index in [4.69, 9.17) is 5.11 Å². The largest absolute Gasteiger partial charge is 0.478 e. The van der Waals surface area contributed by atoms with Crippen molar-refractivity contribution in [2.45, 2.75) is 12.8 Å². The standard InChI is InChI=1S/C13H16FN3O3/c1-15-12(18)8-3-2-6-17(7-8)11-10(14)9(13(19)20)4-5-16-11/h4-5,8H,2-3,6-7H2,1H3,(H,15,18)(H,19,20). The second-order valence-electron chi connectivity index (χ2n) is 4.70. The fourth-order valence-corrected chi connectivity index (χ4v) is 2.41. The number of hydrogen-bond donors (Lipinski definition) is 2. The zero-order valence-corrected chi connectivity index (χ0v) is 11.1. The van der Waals surface area contributed by atoms with Crippen LogP contribution in [0.3, 0.4) is 0 Å². The molecule has 2 heterocycles. The summed E-state index contributed by atoms with van der Waals surface area (Å²) in [6, 6.07) is 1.13. The van der Waals surface area contributed by atoms with Crippen molar-refractivity contribution in [1.29, 1.82) is 0 Å². The number of amides is 1. The zero-order chi connectivity index (χ0) is 14.7. The summed E-state index contributed by atoms with van der Waals surface area (Å²) in [7, 11) is 1.56. The molecule has 6 nitrogen and oxygen atoms in total. The van der Waals surface area contributed by atoms with Crippen LogP contribution in [0.2, 0.25) is 0 Å². The molecule has 2 rings (SSSR count). The second-order valence-corrected chi connectivity index (χ2v) is 4.70. The number of carbonyl (C=O) groups is 2. The molecule has 0 radical (unpaired) electrons. The average Bonchev–Trinajstić information content (AvgIpc) is 2.46. The molecule has 1 aromatic heterocycles. The summed E-state index contributed by atoms with van der Waals surface area (Å²) >= 11 is 0. The minimum Gasteiger partial charge on any atom is -0.478 e. The molecule has 0 bridgehead atoms. The lowest BCUT2D eigenvalue weighted by Crippen LogP contribution is -2.43. The van der Waals surface area contributed by atoms with Gasteiger partial charge in [0.2, 0.25) is 5.91 Å². The topological polar surface area (TPSA) is 82.5 Å². The Balaban J connectivity index is 2.25. The van der Waals surface area contributed by atoms with Gasteiger partial charge in [0.25, 0.3) is 0 Å². The lowest BCUT2D eigenvalue weighted by Gasteiger charge is -2.32. The smallest absolute Gasteiger partial charge is 0.338 e. The molecule has 0 saturated carbocycles. The molecule has 1 amide bonds. The lowest BCUT2D eigenvalue weighted by molar-refractivity contribution is -0.124. The first-order valence-corrected chi connectivity index (χ1v) is 6.39. The number of carboxylic acid groups (broad SMARTS) is 1. The predicted octanol–water partition coefficient (Wildman–Crippen LogP) is 0.881. The molecule has 0 spiro atoms. The molecule has 1 aliphatic heterocycles. The van der Waals surface area contributed by atoms with Gasteiger partial charge >= 0.3 is 5.97 Å². The van der Waals surface area contributed by atoms with E-state index in [0.717, 1.165) is 18.9 Å². The number of nitrogens with one attached hydrogen (secondary N) is 1. The van der Waals surface area contributed by atoms with E-state index in [-0.39, 0.29) is 17.6 Å². The molecule has 7 heteroatoms. The van der Waals surface area contributed by atoms with E-state index >= 15 is 0 Å². The van der Waals surface area contributed by atoms with E-state index in [1.54, 1.807) is 11.9 Å². The first kappa shape index (κ1) is 14.2. The Bertz CT molecular complexity index is 536. The van der Waals surface area contributed by atoms with E-state index in [1.165, 1.54) is 6.20 Å². The van der Waals surface area contributed by atoms with Crippen LogP contribution >= 0.6 is 0 Å². The van der Waals surface area contributed by atoms with Gasteiger partial charge in [-0.1, -0.05) is 0 Å². The van der Waals surface area contributed by atoms with Crippen LogP contribution in [0.5, 0.6) is 0 Å². The minimum absolute atomic E-state index is 0.00139. The first-order chi connectivity index (χ1) is 9.54. The number of aromatic nitrogens is 1. The summed E-state index contributed by atoms with van der Waals surface area (Å²) in [5.74, 6) is -2.50. The molecule has 1 fully saturated rings. The van der Waals surface area contributed by atoms with Gasteiger partial charge in [-0.15, -0.1) is 0 Å². The van der Waals surface area contributed by atoms with Gasteiger partial charge in [-0.25, -0.2) is 14.2 Å². The maximum atomic E-state index is 14.1. The van der Waals surface area contributed by atoms with E-state index in [2.05, 4.69) is 10.3 Å². The van der Waals surface area contributed by atoms with Crippen LogP contribution in [-0.2, 0) is 4.79 Å². The van der Waals surface area contributed by atoms with Crippen molar-refractivity contribution in [1.82, 2.24) is 10.3 Å². The van der Waals surface area contributed by atoms with Crippen molar-refractivity contribution in [3.05, 3.63) is 23.6 Å². The first-order valence-electron chi connectivity index (χ1n) is 6.39. The number of pyridine rings is 1. The zero-order valence-electron chi connectivity index (χ0n) is 11.1. The van der Waals surface area contributed by atoms with Crippen LogP contribution in [0.4, 0.5) is 10.2 Å². The monoisotopic (exact) mass is 281 g/mol. The molecule has 0 aliphatic carbocycles. The summed E-state index contributed by atoms with van der Waals surface area (Å²) in [4.78, 5) is 28.1. The van der Waals surface area contributed by atoms with Crippen LogP contribution in [-0.4, -0.2) is 42.1 Å². The number of carbonyl (C=O) groups excluding carboxylic acids is 1. The van der Waals surface area contributed by atoms with Gasteiger partial charge in [0.15, 0.2) is 11.6 Å². The van der Waals surface area contributed by atoms with Crippen molar-refractivity contribution in [2.75, 3.05) is 25.0 Å². The molecule has 1 atom stereocenters. The van der Waals surface area contributed by atoms with Crippen LogP contribution in [0.15, 0.2) is 12.3 Å². The summed E-state index contributed by atoms with van der Waals surface area (Å²) in [6.07, 6.45) is 2.73. The number of hydrogen-bond acceptors (Lipinski definition) is 4. The van der Waals surface area contributed by atoms with Gasteiger partial charge in [0, 0.05) is 26.3 Å². The van der Waals surface area contributed by atoms with Crippen molar-refractivity contribution < 1.29 is 19.1 Å². The van der Waals surface area contributed by atoms with Crippen LogP contribution in [0.1, 0.15) is 23.2 Å². The Morgan fingerprint density at radius 1 is 1.55 bits per heavy atom. The van der Waals surface area contributed by atoms with Gasteiger partial charge in [0.05, 0.1) is 5.92 Å². The summed E-state index contributed by atoms with van der Waals surface area (Å²) < 4.78 is 14.1. The third-order valence-corrected chi connectivity index (χ3v) is 3.44. The molecular formula is C13H16FN3O3. The van der Waals surface area contributed by atoms with E-state index in [0.29, 0.717) is 13.1 Å². The number of rotatable bonds is 3. The maximum absolute atomic E-state index is 14.1. The highest BCUT2D eigenvalue weighted by molar-refractivity contribution is 5.89. The highest BCUT2D eigenvalue weighted by Crippen LogP contribution is 2.25. The fourth-order valence-electron chi connectivity index (χ4n) is 2.41. The number of piperidine rings is 1. The van der Waals surface area contributed by atoms with E-state index < -0.39 is 17.3 Å². The highest BCUT2D eigenvalue weighted by atomic mass is 19.1. The van der Waals surface area contributed by atoms with Gasteiger partial charge in [-0.05, 0) is 18.9 Å². The molecule has 20 heavy (non-hydrogen) atoms. The Labute approximate surface area is 115 Å².